The van der Waals surface area contributed by atoms with Crippen molar-refractivity contribution in [1.82, 2.24) is 20.5 Å². The molecule has 21 heavy (non-hydrogen) atoms. The molecular formula is C14H18N4O3. The minimum absolute atomic E-state index is 0.299. The van der Waals surface area contributed by atoms with Crippen molar-refractivity contribution in [2.24, 2.45) is 0 Å². The molecule has 2 N–H and O–H groups in total. The van der Waals surface area contributed by atoms with Crippen LogP contribution < -0.4 is 10.6 Å². The van der Waals surface area contributed by atoms with Gasteiger partial charge in [-0.05, 0) is 32.9 Å². The summed E-state index contributed by atoms with van der Waals surface area (Å²) in [6, 6.07) is 4.55. The van der Waals surface area contributed by atoms with Crippen LogP contribution in [-0.4, -0.2) is 39.8 Å². The van der Waals surface area contributed by atoms with E-state index in [-0.39, 0.29) is 12.6 Å². The van der Waals surface area contributed by atoms with E-state index in [1.165, 1.54) is 0 Å². The maximum Gasteiger partial charge on any atom is 0.325 e. The van der Waals surface area contributed by atoms with Crippen molar-refractivity contribution in [1.29, 1.82) is 0 Å². The van der Waals surface area contributed by atoms with Gasteiger partial charge in [-0.3, -0.25) is 19.5 Å². The van der Waals surface area contributed by atoms with Gasteiger partial charge in [0.25, 0.3) is 5.91 Å². The van der Waals surface area contributed by atoms with Crippen molar-refractivity contribution in [3.05, 3.63) is 30.1 Å². The zero-order valence-electron chi connectivity index (χ0n) is 12.2. The first-order valence-electron chi connectivity index (χ1n) is 6.65. The molecule has 0 bridgehead atoms. The fourth-order valence-corrected chi connectivity index (χ4v) is 2.10. The quantitative estimate of drug-likeness (QED) is 0.794. The molecule has 1 saturated heterocycles. The van der Waals surface area contributed by atoms with Gasteiger partial charge in [0.1, 0.15) is 12.1 Å². The molecule has 112 valence electrons. The van der Waals surface area contributed by atoms with Gasteiger partial charge in [0.05, 0.1) is 11.7 Å². The topological polar surface area (TPSA) is 91.4 Å². The monoisotopic (exact) mass is 290 g/mol. The van der Waals surface area contributed by atoms with E-state index < -0.39 is 23.4 Å². The molecule has 2 heterocycles. The maximum atomic E-state index is 12.0. The lowest BCUT2D eigenvalue weighted by atomic mass is 10.1. The van der Waals surface area contributed by atoms with E-state index in [2.05, 4.69) is 15.6 Å². The predicted molar refractivity (Wildman–Crippen MR) is 75.1 cm³/mol. The van der Waals surface area contributed by atoms with Crippen LogP contribution in [-0.2, 0) is 9.59 Å². The number of hydrogen-bond acceptors (Lipinski definition) is 4. The number of imide groups is 1. The summed E-state index contributed by atoms with van der Waals surface area (Å²) in [5, 5.41) is 5.24. The highest BCUT2D eigenvalue weighted by Crippen LogP contribution is 2.16. The zero-order chi connectivity index (χ0) is 15.6. The van der Waals surface area contributed by atoms with E-state index in [0.717, 1.165) is 4.90 Å². The Bertz CT molecular complexity index is 571. The number of rotatable bonds is 4. The SMILES string of the molecule is CC(NC(=O)CN1C(=O)NC(C)(C)C1=O)c1ccccn1. The Morgan fingerprint density at radius 2 is 2.14 bits per heavy atom. The number of carbonyl (C=O) groups excluding carboxylic acids is 3. The number of nitrogens with one attached hydrogen (secondary N) is 2. The molecule has 0 aliphatic carbocycles. The molecule has 1 unspecified atom stereocenters. The fourth-order valence-electron chi connectivity index (χ4n) is 2.10. The van der Waals surface area contributed by atoms with Crippen molar-refractivity contribution in [2.45, 2.75) is 32.4 Å². The summed E-state index contributed by atoms with van der Waals surface area (Å²) in [4.78, 5) is 40.7. The Morgan fingerprint density at radius 1 is 1.43 bits per heavy atom. The molecule has 2 rings (SSSR count). The van der Waals surface area contributed by atoms with Crippen LogP contribution >= 0.6 is 0 Å². The van der Waals surface area contributed by atoms with Crippen molar-refractivity contribution in [3.63, 3.8) is 0 Å². The summed E-state index contributed by atoms with van der Waals surface area (Å²) in [6.45, 7) is 4.69. The average Bonchev–Trinajstić information content (AvgIpc) is 2.62. The molecule has 1 atom stereocenters. The van der Waals surface area contributed by atoms with Crippen LogP contribution in [0.2, 0.25) is 0 Å². The minimum Gasteiger partial charge on any atom is -0.346 e. The summed E-state index contributed by atoms with van der Waals surface area (Å²) >= 11 is 0. The number of pyridine rings is 1. The van der Waals surface area contributed by atoms with Gasteiger partial charge in [0.15, 0.2) is 0 Å². The molecule has 1 aliphatic rings. The van der Waals surface area contributed by atoms with Crippen LogP contribution in [0.25, 0.3) is 0 Å². The second-order valence-corrected chi connectivity index (χ2v) is 5.49. The van der Waals surface area contributed by atoms with E-state index in [4.69, 9.17) is 0 Å². The van der Waals surface area contributed by atoms with Gasteiger partial charge in [-0.1, -0.05) is 6.07 Å². The molecule has 0 spiro atoms. The van der Waals surface area contributed by atoms with Gasteiger partial charge in [0.2, 0.25) is 5.91 Å². The lowest BCUT2D eigenvalue weighted by Crippen LogP contribution is -2.43. The Kier molecular flexibility index (Phi) is 3.93. The third kappa shape index (κ3) is 3.18. The van der Waals surface area contributed by atoms with E-state index in [9.17, 15) is 14.4 Å². The summed E-state index contributed by atoms with van der Waals surface area (Å²) in [5.41, 5.74) is -0.257. The van der Waals surface area contributed by atoms with Crippen LogP contribution in [0.4, 0.5) is 4.79 Å². The zero-order valence-corrected chi connectivity index (χ0v) is 12.2. The number of carbonyl (C=O) groups is 3. The van der Waals surface area contributed by atoms with E-state index >= 15 is 0 Å². The van der Waals surface area contributed by atoms with Gasteiger partial charge in [-0.15, -0.1) is 0 Å². The molecule has 0 aromatic carbocycles. The standard InChI is InChI=1S/C14H18N4O3/c1-9(10-6-4-5-7-15-10)16-11(19)8-18-12(20)14(2,3)17-13(18)21/h4-7,9H,8H2,1-3H3,(H,16,19)(H,17,21). The summed E-state index contributed by atoms with van der Waals surface area (Å²) in [7, 11) is 0. The van der Waals surface area contributed by atoms with Gasteiger partial charge in [-0.25, -0.2) is 4.79 Å². The van der Waals surface area contributed by atoms with Crippen LogP contribution in [0.1, 0.15) is 32.5 Å². The smallest absolute Gasteiger partial charge is 0.325 e. The Balaban J connectivity index is 1.97. The first-order valence-corrected chi connectivity index (χ1v) is 6.65. The number of nitrogens with zero attached hydrogens (tertiary/aromatic N) is 2. The number of hydrogen-bond donors (Lipinski definition) is 2. The van der Waals surface area contributed by atoms with Crippen LogP contribution in [0.5, 0.6) is 0 Å². The minimum atomic E-state index is -0.968. The molecule has 7 heteroatoms. The number of amides is 4. The summed E-state index contributed by atoms with van der Waals surface area (Å²) < 4.78 is 0. The Morgan fingerprint density at radius 3 is 2.67 bits per heavy atom. The van der Waals surface area contributed by atoms with Crippen molar-refractivity contribution >= 4 is 17.8 Å². The second-order valence-electron chi connectivity index (χ2n) is 5.49. The molecule has 1 aromatic rings. The van der Waals surface area contributed by atoms with Gasteiger partial charge >= 0.3 is 6.03 Å². The number of aromatic nitrogens is 1. The molecule has 1 aromatic heterocycles. The average molecular weight is 290 g/mol. The normalized spacial score (nSPS) is 18.3. The lowest BCUT2D eigenvalue weighted by molar-refractivity contribution is -0.134. The fraction of sp³-hybridized carbons (Fsp3) is 0.429. The largest absolute Gasteiger partial charge is 0.346 e. The highest BCUT2D eigenvalue weighted by molar-refractivity contribution is 6.08. The molecule has 4 amide bonds. The molecule has 1 aliphatic heterocycles. The molecule has 7 nitrogen and oxygen atoms in total. The van der Waals surface area contributed by atoms with Crippen molar-refractivity contribution in [2.75, 3.05) is 6.54 Å². The second kappa shape index (κ2) is 5.51. The van der Waals surface area contributed by atoms with E-state index in [1.807, 2.05) is 6.07 Å². The van der Waals surface area contributed by atoms with Crippen molar-refractivity contribution < 1.29 is 14.4 Å². The van der Waals surface area contributed by atoms with Gasteiger partial charge < -0.3 is 10.6 Å². The van der Waals surface area contributed by atoms with Crippen molar-refractivity contribution in [3.8, 4) is 0 Å². The molecular weight excluding hydrogens is 272 g/mol. The van der Waals surface area contributed by atoms with Gasteiger partial charge in [0, 0.05) is 6.20 Å². The van der Waals surface area contributed by atoms with Gasteiger partial charge in [-0.2, -0.15) is 0 Å². The highest BCUT2D eigenvalue weighted by atomic mass is 16.2. The molecule has 0 saturated carbocycles. The highest BCUT2D eigenvalue weighted by Gasteiger charge is 2.44. The third-order valence-corrected chi connectivity index (χ3v) is 3.26. The Hall–Kier alpha value is -2.44. The van der Waals surface area contributed by atoms with Crippen LogP contribution in [0, 0.1) is 0 Å². The molecule has 1 fully saturated rings. The number of urea groups is 1. The van der Waals surface area contributed by atoms with Crippen LogP contribution in [0.3, 0.4) is 0 Å². The first kappa shape index (κ1) is 15.0. The van der Waals surface area contributed by atoms with E-state index in [0.29, 0.717) is 5.69 Å². The van der Waals surface area contributed by atoms with E-state index in [1.54, 1.807) is 39.1 Å². The molecule has 0 radical (unpaired) electrons. The maximum absolute atomic E-state index is 12.0. The third-order valence-electron chi connectivity index (χ3n) is 3.26. The summed E-state index contributed by atoms with van der Waals surface area (Å²) in [5.74, 6) is -0.817. The summed E-state index contributed by atoms with van der Waals surface area (Å²) in [6.07, 6.45) is 1.64. The predicted octanol–water partition coefficient (Wildman–Crippen LogP) is 0.589. The van der Waals surface area contributed by atoms with Crippen LogP contribution in [0.15, 0.2) is 24.4 Å². The Labute approximate surface area is 122 Å². The first-order chi connectivity index (χ1) is 9.81. The lowest BCUT2D eigenvalue weighted by Gasteiger charge is -2.17.